The van der Waals surface area contributed by atoms with E-state index in [4.69, 9.17) is 4.42 Å². The van der Waals surface area contributed by atoms with E-state index in [1.807, 2.05) is 19.1 Å². The Morgan fingerprint density at radius 2 is 1.82 bits per heavy atom. The number of furan rings is 1. The van der Waals surface area contributed by atoms with Gasteiger partial charge in [0.05, 0.1) is 6.26 Å². The summed E-state index contributed by atoms with van der Waals surface area (Å²) in [5.41, 5.74) is 2.11. The van der Waals surface area contributed by atoms with Crippen molar-refractivity contribution < 1.29 is 14.0 Å². The number of carbonyl (C=O) groups excluding carboxylic acids is 2. The van der Waals surface area contributed by atoms with Crippen LogP contribution < -0.4 is 10.6 Å². The lowest BCUT2D eigenvalue weighted by atomic mass is 9.69. The van der Waals surface area contributed by atoms with Gasteiger partial charge in [-0.25, -0.2) is 0 Å². The maximum absolute atomic E-state index is 12.8. The smallest absolute Gasteiger partial charge is 0.291 e. The van der Waals surface area contributed by atoms with Crippen molar-refractivity contribution in [1.29, 1.82) is 0 Å². The quantitative estimate of drug-likeness (QED) is 0.790. The van der Waals surface area contributed by atoms with Gasteiger partial charge in [0.2, 0.25) is 0 Å². The molecule has 1 aromatic heterocycles. The molecule has 1 aromatic carbocycles. The van der Waals surface area contributed by atoms with Crippen molar-refractivity contribution in [2.24, 2.45) is 11.8 Å². The molecule has 1 heterocycles. The summed E-state index contributed by atoms with van der Waals surface area (Å²) in [4.78, 5) is 25.1. The summed E-state index contributed by atoms with van der Waals surface area (Å²) in [6, 6.07) is 8.98. The Hall–Kier alpha value is -2.56. The van der Waals surface area contributed by atoms with Crippen LogP contribution in [0.2, 0.25) is 0 Å². The fraction of sp³-hybridized carbons (Fsp3) is 0.478. The number of hydrogen-bond donors (Lipinski definition) is 2. The fourth-order valence-corrected chi connectivity index (χ4v) is 4.76. The average molecular weight is 380 g/mol. The summed E-state index contributed by atoms with van der Waals surface area (Å²) < 4.78 is 5.14. The number of anilines is 1. The van der Waals surface area contributed by atoms with E-state index in [1.165, 1.54) is 38.4 Å². The maximum Gasteiger partial charge on any atom is 0.291 e. The van der Waals surface area contributed by atoms with Crippen LogP contribution in [0.3, 0.4) is 0 Å². The number of carbonyl (C=O) groups is 2. The predicted octanol–water partition coefficient (Wildman–Crippen LogP) is 4.93. The molecule has 0 unspecified atom stereocenters. The highest BCUT2D eigenvalue weighted by molar-refractivity contribution is 6.03. The van der Waals surface area contributed by atoms with Crippen LogP contribution in [0.15, 0.2) is 41.0 Å². The normalized spacial score (nSPS) is 24.2. The highest BCUT2D eigenvalue weighted by atomic mass is 16.3. The minimum absolute atomic E-state index is 0.0623. The first kappa shape index (κ1) is 18.8. The Bertz CT molecular complexity index is 844. The lowest BCUT2D eigenvalue weighted by Gasteiger charge is -2.39. The highest BCUT2D eigenvalue weighted by Crippen LogP contribution is 2.40. The number of hydrogen-bond acceptors (Lipinski definition) is 3. The highest BCUT2D eigenvalue weighted by Gasteiger charge is 2.32. The molecule has 0 radical (unpaired) electrons. The third-order valence-electron chi connectivity index (χ3n) is 6.37. The predicted molar refractivity (Wildman–Crippen MR) is 108 cm³/mol. The Kier molecular flexibility index (Phi) is 5.51. The first-order valence-electron chi connectivity index (χ1n) is 10.4. The summed E-state index contributed by atoms with van der Waals surface area (Å²) in [5.74, 6) is 1.51. The van der Waals surface area contributed by atoms with Crippen LogP contribution in [-0.2, 0) is 0 Å². The van der Waals surface area contributed by atoms with E-state index in [9.17, 15) is 9.59 Å². The number of benzene rings is 1. The molecule has 4 rings (SSSR count). The van der Waals surface area contributed by atoms with Crippen LogP contribution in [0.25, 0.3) is 0 Å². The summed E-state index contributed by atoms with van der Waals surface area (Å²) >= 11 is 0. The SMILES string of the molecule is Cc1ccc(C(=O)N[C@@H]2CC[C@@H]3CCCC[C@@H]3C2)cc1NC(=O)c1ccco1. The Morgan fingerprint density at radius 1 is 1.00 bits per heavy atom. The van der Waals surface area contributed by atoms with E-state index in [0.29, 0.717) is 11.3 Å². The molecular weight excluding hydrogens is 352 g/mol. The summed E-state index contributed by atoms with van der Waals surface area (Å²) in [7, 11) is 0. The van der Waals surface area contributed by atoms with Crippen LogP contribution in [0.1, 0.15) is 71.4 Å². The monoisotopic (exact) mass is 380 g/mol. The molecule has 5 nitrogen and oxygen atoms in total. The van der Waals surface area contributed by atoms with Gasteiger partial charge < -0.3 is 15.1 Å². The van der Waals surface area contributed by atoms with Crippen molar-refractivity contribution in [2.75, 3.05) is 5.32 Å². The molecule has 2 saturated carbocycles. The van der Waals surface area contributed by atoms with E-state index in [0.717, 1.165) is 30.2 Å². The van der Waals surface area contributed by atoms with Gasteiger partial charge in [-0.3, -0.25) is 9.59 Å². The minimum Gasteiger partial charge on any atom is -0.459 e. The van der Waals surface area contributed by atoms with E-state index in [2.05, 4.69) is 10.6 Å². The van der Waals surface area contributed by atoms with Crippen molar-refractivity contribution in [2.45, 2.75) is 57.9 Å². The largest absolute Gasteiger partial charge is 0.459 e. The number of fused-ring (bicyclic) bond motifs is 1. The molecular formula is C23H28N2O3. The first-order chi connectivity index (χ1) is 13.6. The average Bonchev–Trinajstić information content (AvgIpc) is 3.24. The van der Waals surface area contributed by atoms with Gasteiger partial charge in [-0.15, -0.1) is 0 Å². The van der Waals surface area contributed by atoms with Crippen molar-refractivity contribution in [3.05, 3.63) is 53.5 Å². The lowest BCUT2D eigenvalue weighted by molar-refractivity contribution is 0.0878. The van der Waals surface area contributed by atoms with E-state index < -0.39 is 0 Å². The first-order valence-corrected chi connectivity index (χ1v) is 10.4. The van der Waals surface area contributed by atoms with E-state index in [1.54, 1.807) is 18.2 Å². The fourth-order valence-electron chi connectivity index (χ4n) is 4.76. The van der Waals surface area contributed by atoms with E-state index >= 15 is 0 Å². The molecule has 148 valence electrons. The Morgan fingerprint density at radius 3 is 2.61 bits per heavy atom. The van der Waals surface area contributed by atoms with Crippen LogP contribution in [0.4, 0.5) is 5.69 Å². The van der Waals surface area contributed by atoms with Gasteiger partial charge in [0, 0.05) is 17.3 Å². The van der Waals surface area contributed by atoms with Crippen LogP contribution >= 0.6 is 0 Å². The van der Waals surface area contributed by atoms with Crippen LogP contribution in [-0.4, -0.2) is 17.9 Å². The van der Waals surface area contributed by atoms with Gasteiger partial charge in [0.25, 0.3) is 11.8 Å². The molecule has 2 aliphatic carbocycles. The van der Waals surface area contributed by atoms with E-state index in [-0.39, 0.29) is 23.6 Å². The third-order valence-corrected chi connectivity index (χ3v) is 6.37. The van der Waals surface area contributed by atoms with Crippen molar-refractivity contribution >= 4 is 17.5 Å². The molecule has 2 fully saturated rings. The van der Waals surface area contributed by atoms with Crippen molar-refractivity contribution in [1.82, 2.24) is 5.32 Å². The standard InChI is InChI=1S/C23H28N2O3/c1-15-8-9-18(14-20(15)25-23(27)21-7-4-12-28-21)22(26)24-19-11-10-16-5-2-3-6-17(16)13-19/h4,7-9,12,14,16-17,19H,2-3,5-6,10-11,13H2,1H3,(H,24,26)(H,25,27)/t16-,17+,19+/m0/s1. The molecule has 0 bridgehead atoms. The number of nitrogens with one attached hydrogen (secondary N) is 2. The molecule has 0 spiro atoms. The molecule has 5 heteroatoms. The summed E-state index contributed by atoms with van der Waals surface area (Å²) in [6.07, 6.45) is 10.2. The minimum atomic E-state index is -0.318. The molecule has 3 atom stereocenters. The van der Waals surface area contributed by atoms with Gasteiger partial charge in [0.1, 0.15) is 0 Å². The topological polar surface area (TPSA) is 71.3 Å². The van der Waals surface area contributed by atoms with Gasteiger partial charge in [-0.1, -0.05) is 31.7 Å². The van der Waals surface area contributed by atoms with Gasteiger partial charge in [0.15, 0.2) is 5.76 Å². The van der Waals surface area contributed by atoms with Gasteiger partial charge in [-0.2, -0.15) is 0 Å². The third kappa shape index (κ3) is 4.13. The zero-order valence-electron chi connectivity index (χ0n) is 16.4. The number of aryl methyl sites for hydroxylation is 1. The van der Waals surface area contributed by atoms with Gasteiger partial charge >= 0.3 is 0 Å². The Labute approximate surface area is 165 Å². The van der Waals surface area contributed by atoms with Crippen LogP contribution in [0.5, 0.6) is 0 Å². The zero-order valence-corrected chi connectivity index (χ0v) is 16.4. The second-order valence-electron chi connectivity index (χ2n) is 8.25. The molecule has 2 N–H and O–H groups in total. The number of amides is 2. The Balaban J connectivity index is 1.41. The maximum atomic E-state index is 12.8. The zero-order chi connectivity index (χ0) is 19.5. The second-order valence-corrected chi connectivity index (χ2v) is 8.25. The summed E-state index contributed by atoms with van der Waals surface area (Å²) in [6.45, 7) is 1.91. The van der Waals surface area contributed by atoms with Gasteiger partial charge in [-0.05, 0) is 67.9 Å². The molecule has 0 saturated heterocycles. The molecule has 2 amide bonds. The van der Waals surface area contributed by atoms with Crippen LogP contribution in [0, 0.1) is 18.8 Å². The molecule has 2 aliphatic rings. The number of rotatable bonds is 4. The lowest BCUT2D eigenvalue weighted by Crippen LogP contribution is -2.41. The molecule has 28 heavy (non-hydrogen) atoms. The summed E-state index contributed by atoms with van der Waals surface area (Å²) in [5, 5.41) is 6.06. The van der Waals surface area contributed by atoms with Crippen molar-refractivity contribution in [3.63, 3.8) is 0 Å². The van der Waals surface area contributed by atoms with Crippen molar-refractivity contribution in [3.8, 4) is 0 Å². The molecule has 0 aliphatic heterocycles. The molecule has 2 aromatic rings. The second kappa shape index (κ2) is 8.21.